The van der Waals surface area contributed by atoms with E-state index in [2.05, 4.69) is 52.8 Å². The quantitative estimate of drug-likeness (QED) is 0.605. The molecule has 3 heterocycles. The van der Waals surface area contributed by atoms with Crippen LogP contribution in [0.1, 0.15) is 16.0 Å². The topological polar surface area (TPSA) is 58.1 Å². The SMILES string of the molecule is COc1ccc(CC2CN(C3=Nc4ccccc4Nc4sc(C)cc43)CCN2)c(OC)c1. The molecule has 5 rings (SSSR count). The Morgan fingerprint density at radius 2 is 2.00 bits per heavy atom. The lowest BCUT2D eigenvalue weighted by molar-refractivity contribution is 0.288. The zero-order valence-electron chi connectivity index (χ0n) is 18.6. The molecule has 2 aliphatic rings. The number of aryl methyl sites for hydroxylation is 1. The number of aliphatic imine (C=N–C) groups is 1. The first-order valence-electron chi connectivity index (χ1n) is 10.9. The van der Waals surface area contributed by atoms with Gasteiger partial charge in [0, 0.05) is 36.6 Å². The Kier molecular flexibility index (Phi) is 5.76. The first kappa shape index (κ1) is 20.8. The number of anilines is 2. The number of thiophene rings is 1. The molecule has 2 aliphatic heterocycles. The summed E-state index contributed by atoms with van der Waals surface area (Å²) >= 11 is 1.78. The third-order valence-corrected chi connectivity index (χ3v) is 6.96. The molecule has 6 nitrogen and oxygen atoms in total. The van der Waals surface area contributed by atoms with Crippen molar-refractivity contribution in [1.29, 1.82) is 0 Å². The highest BCUT2D eigenvalue weighted by molar-refractivity contribution is 7.16. The van der Waals surface area contributed by atoms with Crippen LogP contribution >= 0.6 is 11.3 Å². The number of amidine groups is 1. The van der Waals surface area contributed by atoms with E-state index in [0.717, 1.165) is 59.8 Å². The zero-order valence-corrected chi connectivity index (χ0v) is 19.5. The van der Waals surface area contributed by atoms with E-state index in [0.29, 0.717) is 6.04 Å². The van der Waals surface area contributed by atoms with E-state index >= 15 is 0 Å². The minimum atomic E-state index is 0.295. The number of ether oxygens (including phenoxy) is 2. The minimum absolute atomic E-state index is 0.295. The van der Waals surface area contributed by atoms with E-state index in [1.807, 2.05) is 18.2 Å². The van der Waals surface area contributed by atoms with Crippen molar-refractivity contribution in [3.8, 4) is 11.5 Å². The van der Waals surface area contributed by atoms with Crippen LogP contribution in [0, 0.1) is 6.92 Å². The van der Waals surface area contributed by atoms with Crippen molar-refractivity contribution >= 4 is 33.5 Å². The molecule has 1 fully saturated rings. The highest BCUT2D eigenvalue weighted by Crippen LogP contribution is 2.39. The van der Waals surface area contributed by atoms with E-state index in [1.165, 1.54) is 16.0 Å². The van der Waals surface area contributed by atoms with Gasteiger partial charge in [-0.25, -0.2) is 4.99 Å². The average Bonchev–Trinajstić information content (AvgIpc) is 3.10. The number of methoxy groups -OCH3 is 2. The summed E-state index contributed by atoms with van der Waals surface area (Å²) in [6, 6.07) is 16.9. The molecule has 0 bridgehead atoms. The molecule has 1 aromatic heterocycles. The third-order valence-electron chi connectivity index (χ3n) is 5.99. The Morgan fingerprint density at radius 1 is 1.12 bits per heavy atom. The molecule has 32 heavy (non-hydrogen) atoms. The van der Waals surface area contributed by atoms with E-state index in [4.69, 9.17) is 14.5 Å². The fourth-order valence-electron chi connectivity index (χ4n) is 4.43. The van der Waals surface area contributed by atoms with Crippen molar-refractivity contribution in [2.75, 3.05) is 39.2 Å². The van der Waals surface area contributed by atoms with Gasteiger partial charge in [0.2, 0.25) is 0 Å². The predicted octanol–water partition coefficient (Wildman–Crippen LogP) is 4.73. The maximum atomic E-state index is 5.63. The van der Waals surface area contributed by atoms with Gasteiger partial charge < -0.3 is 25.0 Å². The summed E-state index contributed by atoms with van der Waals surface area (Å²) in [6.07, 6.45) is 0.876. The normalized spacial score (nSPS) is 17.5. The second-order valence-electron chi connectivity index (χ2n) is 8.16. The molecule has 0 aliphatic carbocycles. The van der Waals surface area contributed by atoms with Crippen LogP contribution in [-0.4, -0.2) is 50.6 Å². The second kappa shape index (κ2) is 8.84. The molecule has 1 unspecified atom stereocenters. The molecule has 0 amide bonds. The lowest BCUT2D eigenvalue weighted by Crippen LogP contribution is -2.53. The number of fused-ring (bicyclic) bond motifs is 2. The standard InChI is InChI=1S/C25H28N4O2S/c1-16-12-20-24(27-21-6-4-5-7-22(21)28-25(20)32-16)29-11-10-26-18(15-29)13-17-8-9-19(30-2)14-23(17)31-3/h4-9,12,14,18,26,28H,10-11,13,15H2,1-3H3. The largest absolute Gasteiger partial charge is 0.497 e. The van der Waals surface area contributed by atoms with Gasteiger partial charge in [0.15, 0.2) is 0 Å². The number of benzene rings is 2. The Bertz CT molecular complexity index is 1160. The number of nitrogens with one attached hydrogen (secondary N) is 2. The highest BCUT2D eigenvalue weighted by atomic mass is 32.1. The van der Waals surface area contributed by atoms with E-state index in [-0.39, 0.29) is 0 Å². The van der Waals surface area contributed by atoms with Crippen molar-refractivity contribution < 1.29 is 9.47 Å². The maximum Gasteiger partial charge on any atom is 0.139 e. The number of nitrogens with zero attached hydrogens (tertiary/aromatic N) is 2. The summed E-state index contributed by atoms with van der Waals surface area (Å²) in [5.74, 6) is 2.72. The number of hydrogen-bond donors (Lipinski definition) is 2. The van der Waals surface area contributed by atoms with Crippen LogP contribution in [0.5, 0.6) is 11.5 Å². The van der Waals surface area contributed by atoms with Gasteiger partial charge in [0.25, 0.3) is 0 Å². The van der Waals surface area contributed by atoms with Crippen molar-refractivity contribution in [1.82, 2.24) is 10.2 Å². The summed E-state index contributed by atoms with van der Waals surface area (Å²) < 4.78 is 11.0. The van der Waals surface area contributed by atoms with Crippen LogP contribution in [-0.2, 0) is 6.42 Å². The van der Waals surface area contributed by atoms with Gasteiger partial charge in [-0.05, 0) is 43.2 Å². The number of piperazine rings is 1. The molecule has 0 radical (unpaired) electrons. The molecule has 3 aromatic rings. The zero-order chi connectivity index (χ0) is 22.1. The van der Waals surface area contributed by atoms with Gasteiger partial charge in [-0.15, -0.1) is 11.3 Å². The van der Waals surface area contributed by atoms with Crippen LogP contribution < -0.4 is 20.1 Å². The Hall–Kier alpha value is -3.03. The first-order chi connectivity index (χ1) is 15.6. The molecular formula is C25H28N4O2S. The van der Waals surface area contributed by atoms with Crippen LogP contribution in [0.3, 0.4) is 0 Å². The van der Waals surface area contributed by atoms with Crippen LogP contribution in [0.2, 0.25) is 0 Å². The smallest absolute Gasteiger partial charge is 0.139 e. The lowest BCUT2D eigenvalue weighted by Gasteiger charge is -2.36. The molecule has 0 saturated carbocycles. The molecule has 0 spiro atoms. The summed E-state index contributed by atoms with van der Waals surface area (Å²) in [7, 11) is 3.39. The van der Waals surface area contributed by atoms with Crippen molar-refractivity contribution in [2.24, 2.45) is 4.99 Å². The van der Waals surface area contributed by atoms with Crippen LogP contribution in [0.15, 0.2) is 53.5 Å². The molecule has 1 atom stereocenters. The highest BCUT2D eigenvalue weighted by Gasteiger charge is 2.28. The monoisotopic (exact) mass is 448 g/mol. The molecule has 2 N–H and O–H groups in total. The summed E-state index contributed by atoms with van der Waals surface area (Å²) in [5, 5.41) is 8.45. The fourth-order valence-corrected chi connectivity index (χ4v) is 5.35. The van der Waals surface area contributed by atoms with Gasteiger partial charge >= 0.3 is 0 Å². The molecule has 166 valence electrons. The summed E-state index contributed by atoms with van der Waals surface area (Å²) in [4.78, 5) is 8.84. The van der Waals surface area contributed by atoms with Crippen LogP contribution in [0.4, 0.5) is 16.4 Å². The molecule has 2 aromatic carbocycles. The number of rotatable bonds is 4. The predicted molar refractivity (Wildman–Crippen MR) is 132 cm³/mol. The third kappa shape index (κ3) is 4.06. The van der Waals surface area contributed by atoms with Gasteiger partial charge in [0.05, 0.1) is 31.2 Å². The van der Waals surface area contributed by atoms with Crippen LogP contribution in [0.25, 0.3) is 0 Å². The Morgan fingerprint density at radius 3 is 2.84 bits per heavy atom. The first-order valence-corrected chi connectivity index (χ1v) is 11.7. The van der Waals surface area contributed by atoms with E-state index < -0.39 is 0 Å². The second-order valence-corrected chi connectivity index (χ2v) is 9.41. The summed E-state index contributed by atoms with van der Waals surface area (Å²) in [5.41, 5.74) is 4.40. The Balaban J connectivity index is 1.43. The minimum Gasteiger partial charge on any atom is -0.497 e. The van der Waals surface area contributed by atoms with Crippen molar-refractivity contribution in [2.45, 2.75) is 19.4 Å². The average molecular weight is 449 g/mol. The molecular weight excluding hydrogens is 420 g/mol. The number of hydrogen-bond acceptors (Lipinski definition) is 7. The van der Waals surface area contributed by atoms with Crippen molar-refractivity contribution in [3.05, 3.63) is 64.5 Å². The van der Waals surface area contributed by atoms with Gasteiger partial charge in [-0.1, -0.05) is 18.2 Å². The Labute approximate surface area is 192 Å². The van der Waals surface area contributed by atoms with E-state index in [1.54, 1.807) is 25.6 Å². The van der Waals surface area contributed by atoms with Gasteiger partial charge in [-0.2, -0.15) is 0 Å². The number of para-hydroxylation sites is 2. The van der Waals surface area contributed by atoms with Gasteiger partial charge in [0.1, 0.15) is 22.3 Å². The fraction of sp³-hybridized carbons (Fsp3) is 0.320. The van der Waals surface area contributed by atoms with E-state index in [9.17, 15) is 0 Å². The van der Waals surface area contributed by atoms with Crippen molar-refractivity contribution in [3.63, 3.8) is 0 Å². The lowest BCUT2D eigenvalue weighted by atomic mass is 10.0. The molecule has 7 heteroatoms. The maximum absolute atomic E-state index is 5.63. The molecule has 1 saturated heterocycles. The summed E-state index contributed by atoms with van der Waals surface area (Å²) in [6.45, 7) is 4.87. The van der Waals surface area contributed by atoms with Gasteiger partial charge in [-0.3, -0.25) is 0 Å².